The van der Waals surface area contributed by atoms with Crippen molar-refractivity contribution < 1.29 is 19.6 Å². The molecule has 1 atom stereocenters. The van der Waals surface area contributed by atoms with Crippen LogP contribution in [0.2, 0.25) is 0 Å². The van der Waals surface area contributed by atoms with Crippen molar-refractivity contribution in [1.82, 2.24) is 4.98 Å². The van der Waals surface area contributed by atoms with Crippen molar-refractivity contribution in [3.05, 3.63) is 88.5 Å². The lowest BCUT2D eigenvalue weighted by Gasteiger charge is -2.06. The second-order valence-corrected chi connectivity index (χ2v) is 9.65. The normalized spacial score (nSPS) is 11.9. The van der Waals surface area contributed by atoms with E-state index in [0.29, 0.717) is 5.69 Å². The molecule has 0 saturated carbocycles. The fraction of sp³-hybridized carbons (Fsp3) is 0.154. The smallest absolute Gasteiger partial charge is 0.330 e. The van der Waals surface area contributed by atoms with Gasteiger partial charge >= 0.3 is 5.97 Å². The summed E-state index contributed by atoms with van der Waals surface area (Å²) in [6.07, 6.45) is 1.83. The molecule has 188 valence electrons. The molecule has 37 heavy (non-hydrogen) atoms. The lowest BCUT2D eigenvalue weighted by molar-refractivity contribution is -0.385. The summed E-state index contributed by atoms with van der Waals surface area (Å²) in [7, 11) is 1.60. The summed E-state index contributed by atoms with van der Waals surface area (Å²) in [6.45, 7) is 0. The molecular weight excluding hydrogens is 512 g/mol. The highest BCUT2D eigenvalue weighted by atomic mass is 32.2. The number of aliphatic carboxylic acids is 1. The van der Waals surface area contributed by atoms with Crippen molar-refractivity contribution in [2.45, 2.75) is 17.4 Å². The first kappa shape index (κ1) is 26.0. The Morgan fingerprint density at radius 1 is 1.11 bits per heavy atom. The average molecular weight is 535 g/mol. The third kappa shape index (κ3) is 6.19. The number of hydrogen-bond acceptors (Lipinski definition) is 9. The van der Waals surface area contributed by atoms with Crippen LogP contribution in [0, 0.1) is 10.1 Å². The predicted molar refractivity (Wildman–Crippen MR) is 144 cm³/mol. The fourth-order valence-electron chi connectivity index (χ4n) is 3.60. The Morgan fingerprint density at radius 2 is 1.78 bits per heavy atom. The van der Waals surface area contributed by atoms with Crippen LogP contribution >= 0.6 is 23.1 Å². The quantitative estimate of drug-likeness (QED) is 0.101. The SMILES string of the molecule is COc1ccc(-c2sc(N=NC(Cc3ccccc3[N+](=O)[O-])C(=O)O)nc2-c2ccc(SC)cc2)cc1. The Bertz CT molecular complexity index is 1370. The Morgan fingerprint density at radius 3 is 2.41 bits per heavy atom. The molecule has 1 heterocycles. The van der Waals surface area contributed by atoms with Crippen LogP contribution in [-0.4, -0.2) is 40.4 Å². The van der Waals surface area contributed by atoms with Crippen LogP contribution in [0.3, 0.4) is 0 Å². The summed E-state index contributed by atoms with van der Waals surface area (Å²) in [6, 6.07) is 20.2. The zero-order valence-corrected chi connectivity index (χ0v) is 21.5. The maximum atomic E-state index is 11.9. The fourth-order valence-corrected chi connectivity index (χ4v) is 4.93. The number of azo groups is 1. The van der Waals surface area contributed by atoms with Crippen molar-refractivity contribution >= 4 is 39.9 Å². The number of thioether (sulfide) groups is 1. The molecule has 9 nitrogen and oxygen atoms in total. The van der Waals surface area contributed by atoms with Crippen molar-refractivity contribution in [3.63, 3.8) is 0 Å². The van der Waals surface area contributed by atoms with E-state index in [4.69, 9.17) is 4.74 Å². The van der Waals surface area contributed by atoms with Gasteiger partial charge < -0.3 is 9.84 Å². The topological polar surface area (TPSA) is 127 Å². The molecule has 0 fully saturated rings. The Balaban J connectivity index is 1.70. The van der Waals surface area contributed by atoms with Crippen LogP contribution in [0.5, 0.6) is 5.75 Å². The van der Waals surface area contributed by atoms with E-state index in [2.05, 4.69) is 15.2 Å². The molecule has 0 spiro atoms. The van der Waals surface area contributed by atoms with Crippen molar-refractivity contribution in [2.24, 2.45) is 10.2 Å². The predicted octanol–water partition coefficient (Wildman–Crippen LogP) is 6.90. The molecule has 0 saturated heterocycles. The van der Waals surface area contributed by atoms with Gasteiger partial charge in [-0.15, -0.1) is 16.9 Å². The van der Waals surface area contributed by atoms with E-state index in [0.717, 1.165) is 26.6 Å². The van der Waals surface area contributed by atoms with E-state index in [1.807, 2.05) is 54.8 Å². The van der Waals surface area contributed by atoms with Crippen LogP contribution in [-0.2, 0) is 11.2 Å². The first-order chi connectivity index (χ1) is 17.9. The number of para-hydroxylation sites is 1. The van der Waals surface area contributed by atoms with Gasteiger partial charge in [0, 0.05) is 28.5 Å². The molecule has 1 unspecified atom stereocenters. The number of carbonyl (C=O) groups is 1. The second-order valence-electron chi connectivity index (χ2n) is 7.79. The van der Waals surface area contributed by atoms with E-state index in [9.17, 15) is 20.0 Å². The molecule has 0 aliphatic rings. The number of carboxylic acids is 1. The van der Waals surface area contributed by atoms with E-state index < -0.39 is 16.9 Å². The van der Waals surface area contributed by atoms with Gasteiger partial charge in [-0.1, -0.05) is 41.7 Å². The van der Waals surface area contributed by atoms with E-state index in [-0.39, 0.29) is 22.8 Å². The van der Waals surface area contributed by atoms with E-state index in [1.165, 1.54) is 29.5 Å². The number of methoxy groups -OCH3 is 1. The van der Waals surface area contributed by atoms with Gasteiger partial charge in [-0.2, -0.15) is 5.11 Å². The van der Waals surface area contributed by atoms with Crippen LogP contribution < -0.4 is 4.74 Å². The van der Waals surface area contributed by atoms with Crippen molar-refractivity contribution in [2.75, 3.05) is 13.4 Å². The third-order valence-electron chi connectivity index (χ3n) is 5.50. The second kappa shape index (κ2) is 11.8. The highest BCUT2D eigenvalue weighted by molar-refractivity contribution is 7.98. The molecule has 0 amide bonds. The number of aromatic nitrogens is 1. The van der Waals surface area contributed by atoms with Crippen LogP contribution in [0.4, 0.5) is 10.8 Å². The minimum absolute atomic E-state index is 0.157. The Kier molecular flexibility index (Phi) is 8.26. The lowest BCUT2D eigenvalue weighted by atomic mass is 10.0. The number of benzene rings is 3. The standard InChI is InChI=1S/C26H22N4O5S2/c1-35-19-11-7-17(8-12-19)24-23(16-9-13-20(36-2)14-10-16)27-26(37-24)29-28-21(25(31)32)15-18-5-3-4-6-22(18)30(33)34/h3-14,21H,15H2,1-2H3,(H,31,32). The summed E-state index contributed by atoms with van der Waals surface area (Å²) < 4.78 is 5.26. The zero-order chi connectivity index (χ0) is 26.4. The molecule has 3 aromatic carbocycles. The number of nitrogens with zero attached hydrogens (tertiary/aromatic N) is 4. The minimum atomic E-state index is -1.31. The van der Waals surface area contributed by atoms with Crippen LogP contribution in [0.1, 0.15) is 5.56 Å². The van der Waals surface area contributed by atoms with Crippen molar-refractivity contribution in [3.8, 4) is 27.4 Å². The average Bonchev–Trinajstić information content (AvgIpc) is 3.35. The molecule has 11 heteroatoms. The molecule has 1 aromatic heterocycles. The van der Waals surface area contributed by atoms with Crippen LogP contribution in [0.25, 0.3) is 21.7 Å². The molecule has 1 N–H and O–H groups in total. The van der Waals surface area contributed by atoms with Gasteiger partial charge in [-0.25, -0.2) is 9.78 Å². The van der Waals surface area contributed by atoms with Gasteiger partial charge in [0.25, 0.3) is 5.69 Å². The zero-order valence-electron chi connectivity index (χ0n) is 19.9. The molecule has 0 aliphatic heterocycles. The van der Waals surface area contributed by atoms with Crippen LogP contribution in [0.15, 0.2) is 87.9 Å². The first-order valence-electron chi connectivity index (χ1n) is 11.0. The van der Waals surface area contributed by atoms with Gasteiger partial charge in [-0.3, -0.25) is 10.1 Å². The number of rotatable bonds is 10. The summed E-state index contributed by atoms with van der Waals surface area (Å²) in [5, 5.41) is 29.5. The number of ether oxygens (including phenoxy) is 1. The largest absolute Gasteiger partial charge is 0.497 e. The summed E-state index contributed by atoms with van der Waals surface area (Å²) in [5.74, 6) is -0.514. The lowest BCUT2D eigenvalue weighted by Crippen LogP contribution is -2.20. The van der Waals surface area contributed by atoms with Gasteiger partial charge in [0.2, 0.25) is 5.13 Å². The van der Waals surface area contributed by atoms with Gasteiger partial charge in [0.05, 0.1) is 22.6 Å². The maximum Gasteiger partial charge on any atom is 0.330 e. The Hall–Kier alpha value is -4.09. The first-order valence-corrected chi connectivity index (χ1v) is 13.1. The molecular formula is C26H22N4O5S2. The summed E-state index contributed by atoms with van der Waals surface area (Å²) >= 11 is 2.92. The summed E-state index contributed by atoms with van der Waals surface area (Å²) in [4.78, 5) is 29.3. The van der Waals surface area contributed by atoms with Crippen molar-refractivity contribution in [1.29, 1.82) is 0 Å². The highest BCUT2D eigenvalue weighted by Crippen LogP contribution is 2.41. The molecule has 0 bridgehead atoms. The maximum absolute atomic E-state index is 11.9. The van der Waals surface area contributed by atoms with E-state index in [1.54, 1.807) is 24.9 Å². The number of nitro benzene ring substituents is 1. The third-order valence-corrected chi connectivity index (χ3v) is 7.23. The molecule has 0 radical (unpaired) electrons. The molecule has 4 aromatic rings. The van der Waals surface area contributed by atoms with Gasteiger partial charge in [0.15, 0.2) is 6.04 Å². The Labute approximate surface area is 221 Å². The summed E-state index contributed by atoms with van der Waals surface area (Å²) in [5.41, 5.74) is 2.60. The number of carboxylic acid groups (broad SMARTS) is 1. The van der Waals surface area contributed by atoms with E-state index >= 15 is 0 Å². The number of hydrogen-bond donors (Lipinski definition) is 1. The number of nitro groups is 1. The van der Waals surface area contributed by atoms with Gasteiger partial charge in [-0.05, 0) is 48.2 Å². The monoisotopic (exact) mass is 534 g/mol. The minimum Gasteiger partial charge on any atom is -0.497 e. The number of thiazole rings is 1. The highest BCUT2D eigenvalue weighted by Gasteiger charge is 2.23. The molecule has 0 aliphatic carbocycles. The van der Waals surface area contributed by atoms with Gasteiger partial charge in [0.1, 0.15) is 5.75 Å². The molecule has 4 rings (SSSR count).